The van der Waals surface area contributed by atoms with Crippen molar-refractivity contribution < 1.29 is 9.53 Å². The van der Waals surface area contributed by atoms with Crippen LogP contribution in [0.3, 0.4) is 0 Å². The van der Waals surface area contributed by atoms with Crippen LogP contribution in [0.5, 0.6) is 5.75 Å². The first kappa shape index (κ1) is 12.1. The number of methoxy groups -OCH3 is 1. The maximum Gasteiger partial charge on any atom is 0.159 e. The van der Waals surface area contributed by atoms with Crippen LogP contribution in [0.25, 0.3) is 0 Å². The van der Waals surface area contributed by atoms with Crippen molar-refractivity contribution in [3.63, 3.8) is 0 Å². The third-order valence-corrected chi connectivity index (χ3v) is 3.21. The molecule has 1 saturated carbocycles. The van der Waals surface area contributed by atoms with Crippen molar-refractivity contribution in [2.45, 2.75) is 45.6 Å². The molecule has 1 aliphatic carbocycles. The fourth-order valence-electron chi connectivity index (χ4n) is 2.07. The Balaban J connectivity index is 2.00. The van der Waals surface area contributed by atoms with Crippen molar-refractivity contribution in [2.24, 2.45) is 5.92 Å². The Kier molecular flexibility index (Phi) is 3.82. The molecule has 2 rings (SSSR count). The summed E-state index contributed by atoms with van der Waals surface area (Å²) in [4.78, 5) is 11.7. The number of Topliss-reactive ketones (excluding diaryl/α,β-unsaturated/α-hetero) is 1. The van der Waals surface area contributed by atoms with Crippen molar-refractivity contribution in [1.29, 1.82) is 0 Å². The van der Waals surface area contributed by atoms with Gasteiger partial charge in [0.1, 0.15) is 5.78 Å². The van der Waals surface area contributed by atoms with Crippen molar-refractivity contribution >= 4 is 5.78 Å². The number of aryl methyl sites for hydroxylation is 1. The molecule has 0 atom stereocenters. The number of hydrogen-bond acceptors (Lipinski definition) is 3. The van der Waals surface area contributed by atoms with E-state index in [1.807, 2.05) is 4.68 Å². The Morgan fingerprint density at radius 2 is 2.35 bits per heavy atom. The van der Waals surface area contributed by atoms with Gasteiger partial charge in [0.15, 0.2) is 5.75 Å². The standard InChI is InChI=1S/C13H20N2O2/c1-3-8-15-11(13(17-2)9-14-15)6-7-12(16)10-4-5-10/h9-10H,3-8H2,1-2H3. The number of nitrogens with zero attached hydrogens (tertiary/aromatic N) is 2. The zero-order valence-corrected chi connectivity index (χ0v) is 10.6. The lowest BCUT2D eigenvalue weighted by molar-refractivity contribution is -0.120. The fourth-order valence-corrected chi connectivity index (χ4v) is 2.07. The highest BCUT2D eigenvalue weighted by atomic mass is 16.5. The van der Waals surface area contributed by atoms with Gasteiger partial charge in [0.25, 0.3) is 0 Å². The van der Waals surface area contributed by atoms with Gasteiger partial charge in [0.2, 0.25) is 0 Å². The summed E-state index contributed by atoms with van der Waals surface area (Å²) in [6.45, 7) is 3.00. The Morgan fingerprint density at radius 1 is 1.59 bits per heavy atom. The molecule has 0 aromatic carbocycles. The average Bonchev–Trinajstić information content (AvgIpc) is 3.10. The maximum absolute atomic E-state index is 11.7. The monoisotopic (exact) mass is 236 g/mol. The Morgan fingerprint density at radius 3 is 2.94 bits per heavy atom. The van der Waals surface area contributed by atoms with Crippen LogP contribution in [-0.2, 0) is 17.8 Å². The van der Waals surface area contributed by atoms with Crippen molar-refractivity contribution in [3.05, 3.63) is 11.9 Å². The molecule has 0 bridgehead atoms. The Bertz CT molecular complexity index is 394. The van der Waals surface area contributed by atoms with Gasteiger partial charge >= 0.3 is 0 Å². The number of ether oxygens (including phenoxy) is 1. The van der Waals surface area contributed by atoms with Crippen LogP contribution in [0, 0.1) is 5.92 Å². The maximum atomic E-state index is 11.7. The van der Waals surface area contributed by atoms with Gasteiger partial charge in [-0.2, -0.15) is 5.10 Å². The molecule has 0 N–H and O–H groups in total. The molecule has 1 aromatic rings. The van der Waals surface area contributed by atoms with E-state index in [4.69, 9.17) is 4.74 Å². The number of hydrogen-bond donors (Lipinski definition) is 0. The molecule has 0 radical (unpaired) electrons. The summed E-state index contributed by atoms with van der Waals surface area (Å²) in [5, 5.41) is 4.30. The van der Waals surface area contributed by atoms with E-state index in [0.29, 0.717) is 18.1 Å². The van der Waals surface area contributed by atoms with Crippen LogP contribution in [0.4, 0.5) is 0 Å². The molecule has 1 aromatic heterocycles. The first-order chi connectivity index (χ1) is 8.26. The Hall–Kier alpha value is -1.32. The second kappa shape index (κ2) is 5.34. The van der Waals surface area contributed by atoms with Gasteiger partial charge in [-0.05, 0) is 25.7 Å². The van der Waals surface area contributed by atoms with Gasteiger partial charge in [0, 0.05) is 18.9 Å². The highest BCUT2D eigenvalue weighted by molar-refractivity contribution is 5.83. The van der Waals surface area contributed by atoms with Crippen LogP contribution >= 0.6 is 0 Å². The highest BCUT2D eigenvalue weighted by Gasteiger charge is 2.29. The van der Waals surface area contributed by atoms with Gasteiger partial charge in [-0.25, -0.2) is 0 Å². The molecule has 17 heavy (non-hydrogen) atoms. The summed E-state index contributed by atoms with van der Waals surface area (Å²) in [7, 11) is 1.65. The van der Waals surface area contributed by atoms with Crippen LogP contribution < -0.4 is 4.74 Å². The molecule has 1 aliphatic rings. The normalized spacial score (nSPS) is 14.9. The molecule has 1 heterocycles. The number of carbonyl (C=O) groups is 1. The molecular formula is C13H20N2O2. The molecule has 0 aliphatic heterocycles. The van der Waals surface area contributed by atoms with Gasteiger partial charge in [-0.1, -0.05) is 6.92 Å². The zero-order valence-electron chi connectivity index (χ0n) is 10.6. The minimum absolute atomic E-state index is 0.351. The first-order valence-electron chi connectivity index (χ1n) is 6.37. The quantitative estimate of drug-likeness (QED) is 0.729. The molecule has 0 spiro atoms. The second-order valence-corrected chi connectivity index (χ2v) is 4.62. The first-order valence-corrected chi connectivity index (χ1v) is 6.37. The number of aromatic nitrogens is 2. The number of rotatable bonds is 7. The average molecular weight is 236 g/mol. The SMILES string of the molecule is CCCn1ncc(OC)c1CCC(=O)C1CC1. The van der Waals surface area contributed by atoms with E-state index in [-0.39, 0.29) is 0 Å². The topological polar surface area (TPSA) is 44.1 Å². The highest BCUT2D eigenvalue weighted by Crippen LogP contribution is 2.31. The van der Waals surface area contributed by atoms with Crippen LogP contribution in [0.15, 0.2) is 6.20 Å². The van der Waals surface area contributed by atoms with E-state index >= 15 is 0 Å². The van der Waals surface area contributed by atoms with Gasteiger partial charge in [-0.15, -0.1) is 0 Å². The minimum atomic E-state index is 0.351. The molecule has 0 unspecified atom stereocenters. The third kappa shape index (κ3) is 2.87. The van der Waals surface area contributed by atoms with Crippen molar-refractivity contribution in [3.8, 4) is 5.75 Å². The molecule has 4 heteroatoms. The molecular weight excluding hydrogens is 216 g/mol. The van der Waals surface area contributed by atoms with E-state index in [2.05, 4.69) is 12.0 Å². The minimum Gasteiger partial charge on any atom is -0.493 e. The van der Waals surface area contributed by atoms with E-state index in [0.717, 1.165) is 43.7 Å². The summed E-state index contributed by atoms with van der Waals surface area (Å²) in [6.07, 6.45) is 6.32. The van der Waals surface area contributed by atoms with E-state index in [1.165, 1.54) is 0 Å². The Labute approximate surface area is 102 Å². The van der Waals surface area contributed by atoms with Crippen LogP contribution in [-0.4, -0.2) is 22.7 Å². The van der Waals surface area contributed by atoms with Gasteiger partial charge in [0.05, 0.1) is 19.0 Å². The van der Waals surface area contributed by atoms with Crippen molar-refractivity contribution in [1.82, 2.24) is 9.78 Å². The predicted octanol–water partition coefficient (Wildman–Crippen LogP) is 2.21. The summed E-state index contributed by atoms with van der Waals surface area (Å²) in [6, 6.07) is 0. The van der Waals surface area contributed by atoms with Gasteiger partial charge in [-0.3, -0.25) is 9.48 Å². The molecule has 94 valence electrons. The summed E-state index contributed by atoms with van der Waals surface area (Å²) in [5.41, 5.74) is 1.06. The summed E-state index contributed by atoms with van der Waals surface area (Å²) < 4.78 is 7.24. The van der Waals surface area contributed by atoms with Crippen LogP contribution in [0.1, 0.15) is 38.3 Å². The lowest BCUT2D eigenvalue weighted by Crippen LogP contribution is -2.09. The van der Waals surface area contributed by atoms with Gasteiger partial charge < -0.3 is 4.74 Å². The second-order valence-electron chi connectivity index (χ2n) is 4.62. The molecule has 0 amide bonds. The lowest BCUT2D eigenvalue weighted by atomic mass is 10.1. The third-order valence-electron chi connectivity index (χ3n) is 3.21. The van der Waals surface area contributed by atoms with Crippen LogP contribution in [0.2, 0.25) is 0 Å². The van der Waals surface area contributed by atoms with E-state index in [1.54, 1.807) is 13.3 Å². The fraction of sp³-hybridized carbons (Fsp3) is 0.692. The summed E-state index contributed by atoms with van der Waals surface area (Å²) in [5.74, 6) is 1.56. The number of ketones is 1. The molecule has 4 nitrogen and oxygen atoms in total. The largest absolute Gasteiger partial charge is 0.493 e. The lowest BCUT2D eigenvalue weighted by Gasteiger charge is -2.07. The van der Waals surface area contributed by atoms with E-state index < -0.39 is 0 Å². The summed E-state index contributed by atoms with van der Waals surface area (Å²) >= 11 is 0. The van der Waals surface area contributed by atoms with E-state index in [9.17, 15) is 4.79 Å². The molecule has 0 saturated heterocycles. The zero-order chi connectivity index (χ0) is 12.3. The predicted molar refractivity (Wildman–Crippen MR) is 65.1 cm³/mol. The van der Waals surface area contributed by atoms with Crippen molar-refractivity contribution in [2.75, 3.05) is 7.11 Å². The smallest absolute Gasteiger partial charge is 0.159 e. The number of carbonyl (C=O) groups excluding carboxylic acids is 1. The molecule has 1 fully saturated rings.